The molecule has 0 spiro atoms. The summed E-state index contributed by atoms with van der Waals surface area (Å²) in [6.07, 6.45) is 3.26. The van der Waals surface area contributed by atoms with Crippen molar-refractivity contribution in [2.45, 2.75) is 19.1 Å². The minimum absolute atomic E-state index is 0.0215. The van der Waals surface area contributed by atoms with Gasteiger partial charge in [0.05, 0.1) is 36.4 Å². The van der Waals surface area contributed by atoms with E-state index in [2.05, 4.69) is 20.4 Å². The Kier molecular flexibility index (Phi) is 4.27. The molecule has 148 valence electrons. The van der Waals surface area contributed by atoms with Crippen LogP contribution in [-0.4, -0.2) is 40.2 Å². The van der Waals surface area contributed by atoms with Crippen molar-refractivity contribution >= 4 is 17.3 Å². The van der Waals surface area contributed by atoms with Gasteiger partial charge in [-0.1, -0.05) is 6.07 Å². The molecule has 5 rings (SSSR count). The number of aromatic nitrogens is 3. The van der Waals surface area contributed by atoms with E-state index in [4.69, 9.17) is 9.47 Å². The number of nitrogens with zero attached hydrogens (tertiary/aromatic N) is 4. The molecule has 29 heavy (non-hydrogen) atoms. The molecule has 1 atom stereocenters. The summed E-state index contributed by atoms with van der Waals surface area (Å²) in [6, 6.07) is 10.2. The van der Waals surface area contributed by atoms with Crippen LogP contribution in [0.15, 0.2) is 48.8 Å². The van der Waals surface area contributed by atoms with E-state index in [1.165, 1.54) is 12.1 Å². The Morgan fingerprint density at radius 3 is 2.83 bits per heavy atom. The van der Waals surface area contributed by atoms with E-state index in [1.807, 2.05) is 18.2 Å². The highest BCUT2D eigenvalue weighted by molar-refractivity contribution is 5.95. The Morgan fingerprint density at radius 2 is 1.97 bits per heavy atom. The van der Waals surface area contributed by atoms with E-state index in [-0.39, 0.29) is 24.4 Å². The van der Waals surface area contributed by atoms with Crippen LogP contribution in [0.3, 0.4) is 0 Å². The van der Waals surface area contributed by atoms with Crippen molar-refractivity contribution in [2.75, 3.05) is 23.4 Å². The van der Waals surface area contributed by atoms with E-state index >= 15 is 0 Å². The number of rotatable bonds is 4. The van der Waals surface area contributed by atoms with Crippen LogP contribution in [0, 0.1) is 5.82 Å². The number of anilines is 2. The summed E-state index contributed by atoms with van der Waals surface area (Å²) in [5, 5.41) is 11.2. The van der Waals surface area contributed by atoms with Gasteiger partial charge in [0.25, 0.3) is 5.91 Å². The van der Waals surface area contributed by atoms with Gasteiger partial charge >= 0.3 is 0 Å². The van der Waals surface area contributed by atoms with Crippen LogP contribution in [0.1, 0.15) is 5.56 Å². The van der Waals surface area contributed by atoms with Crippen molar-refractivity contribution in [3.8, 4) is 11.5 Å². The fraction of sp³-hybridized carbons (Fsp3) is 0.250. The van der Waals surface area contributed by atoms with Gasteiger partial charge in [-0.05, 0) is 29.8 Å². The number of hydrogen-bond acceptors (Lipinski definition) is 6. The molecule has 2 aliphatic heterocycles. The van der Waals surface area contributed by atoms with E-state index in [0.29, 0.717) is 36.9 Å². The number of nitrogens with one attached hydrogen (secondary N) is 1. The van der Waals surface area contributed by atoms with Crippen molar-refractivity contribution in [2.24, 2.45) is 0 Å². The van der Waals surface area contributed by atoms with Gasteiger partial charge in [0.2, 0.25) is 0 Å². The van der Waals surface area contributed by atoms with Gasteiger partial charge in [-0.15, -0.1) is 0 Å². The van der Waals surface area contributed by atoms with Crippen LogP contribution < -0.4 is 19.7 Å². The molecule has 0 radical (unpaired) electrons. The molecule has 0 bridgehead atoms. The molecular weight excluding hydrogens is 377 g/mol. The van der Waals surface area contributed by atoms with Crippen molar-refractivity contribution in [3.05, 3.63) is 60.2 Å². The smallest absolute Gasteiger partial charge is 0.262 e. The maximum atomic E-state index is 13.7. The zero-order chi connectivity index (χ0) is 19.8. The van der Waals surface area contributed by atoms with E-state index < -0.39 is 0 Å². The second kappa shape index (κ2) is 7.08. The lowest BCUT2D eigenvalue weighted by molar-refractivity contribution is -0.118. The summed E-state index contributed by atoms with van der Waals surface area (Å²) in [5.41, 5.74) is 2.43. The fourth-order valence-electron chi connectivity index (χ4n) is 3.63. The number of ether oxygens (including phenoxy) is 2. The van der Waals surface area contributed by atoms with Crippen LogP contribution in [0.25, 0.3) is 0 Å². The maximum Gasteiger partial charge on any atom is 0.262 e. The second-order valence-electron chi connectivity index (χ2n) is 6.96. The van der Waals surface area contributed by atoms with Crippen LogP contribution >= 0.6 is 0 Å². The first-order chi connectivity index (χ1) is 14.2. The number of carbonyl (C=O) groups is 1. The summed E-state index contributed by atoms with van der Waals surface area (Å²) in [4.78, 5) is 15.4. The van der Waals surface area contributed by atoms with Gasteiger partial charge in [-0.25, -0.2) is 4.39 Å². The molecule has 3 aromatic rings. The fourth-order valence-corrected chi connectivity index (χ4v) is 3.63. The summed E-state index contributed by atoms with van der Waals surface area (Å²) >= 11 is 0. The Hall–Kier alpha value is -3.62. The molecule has 8 nitrogen and oxygen atoms in total. The number of fused-ring (bicyclic) bond motifs is 2. The lowest BCUT2D eigenvalue weighted by Crippen LogP contribution is -2.45. The van der Waals surface area contributed by atoms with Crippen molar-refractivity contribution in [3.63, 3.8) is 0 Å². The molecule has 2 aliphatic rings. The van der Waals surface area contributed by atoms with E-state index in [9.17, 15) is 9.18 Å². The quantitative estimate of drug-likeness (QED) is 0.730. The Labute approximate surface area is 165 Å². The number of hydrogen-bond donors (Lipinski definition) is 1. The van der Waals surface area contributed by atoms with Crippen LogP contribution in [0.4, 0.5) is 15.8 Å². The van der Waals surface area contributed by atoms with Gasteiger partial charge in [0.15, 0.2) is 6.61 Å². The largest absolute Gasteiger partial charge is 0.489 e. The highest BCUT2D eigenvalue weighted by Crippen LogP contribution is 2.37. The normalized spacial score (nSPS) is 17.6. The molecule has 3 heterocycles. The molecule has 1 amide bonds. The van der Waals surface area contributed by atoms with Crippen LogP contribution in [-0.2, 0) is 17.9 Å². The molecule has 0 saturated heterocycles. The average Bonchev–Trinajstić information content (AvgIpc) is 3.22. The molecule has 1 aromatic heterocycles. The third kappa shape index (κ3) is 3.46. The van der Waals surface area contributed by atoms with E-state index in [1.54, 1.807) is 23.3 Å². The molecular formula is C20H18FN5O3. The highest BCUT2D eigenvalue weighted by atomic mass is 19.1. The van der Waals surface area contributed by atoms with Gasteiger partial charge in [0.1, 0.15) is 23.9 Å². The van der Waals surface area contributed by atoms with Gasteiger partial charge in [-0.3, -0.25) is 4.79 Å². The molecule has 9 heteroatoms. The minimum Gasteiger partial charge on any atom is -0.489 e. The van der Waals surface area contributed by atoms with E-state index in [0.717, 1.165) is 11.3 Å². The first-order valence-corrected chi connectivity index (χ1v) is 9.24. The predicted molar refractivity (Wildman–Crippen MR) is 102 cm³/mol. The standard InChI is InChI=1S/C20H18FN5O3/c21-14-2-3-17-19(8-14)28-11-15(10-26-22-5-6-23-26)25(17)9-13-1-4-18-16(7-13)24-20(27)12-29-18/h1-8,15H,9-12H2,(H,24,27)/t15-/m1/s1. The molecule has 0 fully saturated rings. The zero-order valence-corrected chi connectivity index (χ0v) is 15.4. The predicted octanol–water partition coefficient (Wildman–Crippen LogP) is 2.22. The summed E-state index contributed by atoms with van der Waals surface area (Å²) in [6.45, 7) is 1.46. The lowest BCUT2D eigenvalue weighted by Gasteiger charge is -2.38. The average molecular weight is 395 g/mol. The third-order valence-corrected chi connectivity index (χ3v) is 4.97. The van der Waals surface area contributed by atoms with Gasteiger partial charge < -0.3 is 19.7 Å². The van der Waals surface area contributed by atoms with Crippen LogP contribution in [0.2, 0.25) is 0 Å². The zero-order valence-electron chi connectivity index (χ0n) is 15.4. The summed E-state index contributed by atoms with van der Waals surface area (Å²) < 4.78 is 24.9. The molecule has 1 N–H and O–H groups in total. The molecule has 0 saturated carbocycles. The number of amides is 1. The molecule has 0 aliphatic carbocycles. The lowest BCUT2D eigenvalue weighted by atomic mass is 10.1. The Bertz CT molecular complexity index is 1060. The number of benzene rings is 2. The first-order valence-electron chi connectivity index (χ1n) is 9.24. The minimum atomic E-state index is -0.343. The Balaban J connectivity index is 1.47. The van der Waals surface area contributed by atoms with Gasteiger partial charge in [0, 0.05) is 12.6 Å². The topological polar surface area (TPSA) is 81.5 Å². The van der Waals surface area contributed by atoms with Crippen molar-refractivity contribution in [1.29, 1.82) is 0 Å². The highest BCUT2D eigenvalue weighted by Gasteiger charge is 2.29. The second-order valence-corrected chi connectivity index (χ2v) is 6.96. The molecule has 2 aromatic carbocycles. The van der Waals surface area contributed by atoms with Crippen molar-refractivity contribution < 1.29 is 18.7 Å². The number of carbonyl (C=O) groups excluding carboxylic acids is 1. The number of halogens is 1. The summed E-state index contributed by atoms with van der Waals surface area (Å²) in [7, 11) is 0. The Morgan fingerprint density at radius 1 is 1.10 bits per heavy atom. The monoisotopic (exact) mass is 395 g/mol. The maximum absolute atomic E-state index is 13.7. The summed E-state index contributed by atoms with van der Waals surface area (Å²) in [5.74, 6) is 0.633. The first kappa shape index (κ1) is 17.5. The SMILES string of the molecule is O=C1COc2ccc(CN3c4ccc(F)cc4OC[C@H]3Cn3nccn3)cc2N1. The third-order valence-electron chi connectivity index (χ3n) is 4.97. The van der Waals surface area contributed by atoms with Crippen LogP contribution in [0.5, 0.6) is 11.5 Å². The van der Waals surface area contributed by atoms with Crippen molar-refractivity contribution in [1.82, 2.24) is 15.0 Å². The molecule has 0 unspecified atom stereocenters. The van der Waals surface area contributed by atoms with Gasteiger partial charge in [-0.2, -0.15) is 15.0 Å².